The molecule has 9 heteroatoms. The predicted molar refractivity (Wildman–Crippen MR) is 101 cm³/mol. The van der Waals surface area contributed by atoms with Gasteiger partial charge in [0.05, 0.1) is 32.5 Å². The van der Waals surface area contributed by atoms with E-state index in [9.17, 15) is 9.00 Å². The number of amides is 2. The first-order chi connectivity index (χ1) is 12.1. The van der Waals surface area contributed by atoms with Crippen molar-refractivity contribution in [3.05, 3.63) is 28.9 Å². The van der Waals surface area contributed by atoms with Crippen LogP contribution in [0.25, 0.3) is 10.7 Å². The number of anilines is 1. The Morgan fingerprint density at radius 1 is 1.24 bits per heavy atom. The number of urea groups is 1. The Kier molecular flexibility index (Phi) is 4.75. The third-order valence-corrected chi connectivity index (χ3v) is 7.99. The molecule has 2 bridgehead atoms. The molecule has 2 saturated heterocycles. The summed E-state index contributed by atoms with van der Waals surface area (Å²) in [7, 11) is -0.798. The Bertz CT molecular complexity index is 811. The van der Waals surface area contributed by atoms with E-state index in [1.807, 2.05) is 6.07 Å². The third-order valence-electron chi connectivity index (χ3n) is 4.60. The summed E-state index contributed by atoms with van der Waals surface area (Å²) in [6.07, 6.45) is 5.97. The van der Waals surface area contributed by atoms with Gasteiger partial charge in [-0.15, -0.1) is 11.3 Å². The van der Waals surface area contributed by atoms with Crippen molar-refractivity contribution in [2.45, 2.75) is 29.8 Å². The van der Waals surface area contributed by atoms with Crippen molar-refractivity contribution < 1.29 is 9.00 Å². The van der Waals surface area contributed by atoms with Gasteiger partial charge in [0.15, 0.2) is 5.82 Å². The van der Waals surface area contributed by atoms with Crippen molar-refractivity contribution >= 4 is 45.5 Å². The van der Waals surface area contributed by atoms with Gasteiger partial charge in [-0.1, -0.05) is 11.6 Å². The Morgan fingerprint density at radius 3 is 2.72 bits per heavy atom. The average Bonchev–Trinajstić information content (AvgIpc) is 3.11. The second-order valence-electron chi connectivity index (χ2n) is 6.21. The Balaban J connectivity index is 1.41. The van der Waals surface area contributed by atoms with Crippen LogP contribution in [0.15, 0.2) is 24.5 Å². The standard InChI is InChI=1S/C16H17ClN4O2S2/c17-14-4-3-13(24-14)15-18-7-10(8-19-15)20-16(22)21-6-5-11-1-2-12(9-21)25(11)23/h3-4,7-8,11-12H,1-2,5-6,9H2,(H,20,22). The molecule has 0 radical (unpaired) electrons. The van der Waals surface area contributed by atoms with Gasteiger partial charge in [-0.05, 0) is 31.4 Å². The highest BCUT2D eigenvalue weighted by Crippen LogP contribution is 2.30. The van der Waals surface area contributed by atoms with E-state index in [-0.39, 0.29) is 16.5 Å². The molecule has 1 N–H and O–H groups in total. The average molecular weight is 397 g/mol. The summed E-state index contributed by atoms with van der Waals surface area (Å²) in [5.41, 5.74) is 0.548. The second-order valence-corrected chi connectivity index (χ2v) is 9.92. The van der Waals surface area contributed by atoms with Crippen LogP contribution < -0.4 is 5.32 Å². The third kappa shape index (κ3) is 3.56. The van der Waals surface area contributed by atoms with Crippen molar-refractivity contribution in [2.24, 2.45) is 0 Å². The summed E-state index contributed by atoms with van der Waals surface area (Å²) in [5.74, 6) is 0.581. The van der Waals surface area contributed by atoms with Gasteiger partial charge in [-0.2, -0.15) is 0 Å². The lowest BCUT2D eigenvalue weighted by Crippen LogP contribution is -2.40. The van der Waals surface area contributed by atoms with Gasteiger partial charge in [-0.25, -0.2) is 14.8 Å². The van der Waals surface area contributed by atoms with Gasteiger partial charge in [0, 0.05) is 29.1 Å². The van der Waals surface area contributed by atoms with Crippen molar-refractivity contribution in [1.29, 1.82) is 0 Å². The summed E-state index contributed by atoms with van der Waals surface area (Å²) < 4.78 is 12.9. The molecule has 4 rings (SSSR count). The number of carbonyl (C=O) groups excluding carboxylic acids is 1. The van der Waals surface area contributed by atoms with Crippen LogP contribution in [0, 0.1) is 0 Å². The molecule has 3 atom stereocenters. The van der Waals surface area contributed by atoms with E-state index in [4.69, 9.17) is 11.6 Å². The summed E-state index contributed by atoms with van der Waals surface area (Å²) in [5, 5.41) is 3.20. The largest absolute Gasteiger partial charge is 0.323 e. The lowest BCUT2D eigenvalue weighted by Gasteiger charge is -2.24. The highest BCUT2D eigenvalue weighted by molar-refractivity contribution is 7.86. The monoisotopic (exact) mass is 396 g/mol. The molecule has 2 aromatic heterocycles. The number of carbonyl (C=O) groups is 1. The SMILES string of the molecule is O=C(Nc1cnc(-c2ccc(Cl)s2)nc1)N1CCC2CCC(C1)S2=O. The van der Waals surface area contributed by atoms with Crippen LogP contribution in [0.1, 0.15) is 19.3 Å². The minimum Gasteiger partial charge on any atom is -0.323 e. The molecule has 2 aliphatic rings. The molecule has 3 unspecified atom stereocenters. The maximum Gasteiger partial charge on any atom is 0.321 e. The molecule has 2 amide bonds. The Labute approximate surface area is 157 Å². The lowest BCUT2D eigenvalue weighted by molar-refractivity contribution is 0.209. The quantitative estimate of drug-likeness (QED) is 0.844. The van der Waals surface area contributed by atoms with Gasteiger partial charge >= 0.3 is 6.03 Å². The van der Waals surface area contributed by atoms with Crippen molar-refractivity contribution in [3.63, 3.8) is 0 Å². The number of rotatable bonds is 2. The normalized spacial score (nSPS) is 25.6. The minimum absolute atomic E-state index is 0.112. The molecular formula is C16H17ClN4O2S2. The maximum atomic E-state index is 12.5. The molecule has 2 aliphatic heterocycles. The topological polar surface area (TPSA) is 75.2 Å². The molecule has 132 valence electrons. The number of likely N-dealkylation sites (tertiary alicyclic amines) is 1. The fourth-order valence-corrected chi connectivity index (χ4v) is 6.22. The highest BCUT2D eigenvalue weighted by Gasteiger charge is 2.38. The fourth-order valence-electron chi connectivity index (χ4n) is 3.28. The van der Waals surface area contributed by atoms with Gasteiger partial charge in [0.25, 0.3) is 0 Å². The van der Waals surface area contributed by atoms with Crippen molar-refractivity contribution in [2.75, 3.05) is 18.4 Å². The number of halogens is 1. The molecule has 2 aromatic rings. The van der Waals surface area contributed by atoms with Crippen LogP contribution in [0.4, 0.5) is 10.5 Å². The number of hydrogen-bond acceptors (Lipinski definition) is 5. The number of nitrogens with one attached hydrogen (secondary N) is 1. The van der Waals surface area contributed by atoms with E-state index < -0.39 is 10.8 Å². The van der Waals surface area contributed by atoms with Crippen LogP contribution in [-0.2, 0) is 10.8 Å². The second kappa shape index (κ2) is 7.01. The predicted octanol–water partition coefficient (Wildman–Crippen LogP) is 3.38. The van der Waals surface area contributed by atoms with E-state index in [0.717, 1.165) is 24.1 Å². The zero-order valence-corrected chi connectivity index (χ0v) is 15.7. The van der Waals surface area contributed by atoms with E-state index >= 15 is 0 Å². The number of aromatic nitrogens is 2. The van der Waals surface area contributed by atoms with Crippen LogP contribution in [0.2, 0.25) is 4.34 Å². The summed E-state index contributed by atoms with van der Waals surface area (Å²) in [4.78, 5) is 23.7. The summed E-state index contributed by atoms with van der Waals surface area (Å²) in [6, 6.07) is 3.49. The molecule has 0 aliphatic carbocycles. The van der Waals surface area contributed by atoms with Crippen LogP contribution in [0.3, 0.4) is 0 Å². The molecule has 0 saturated carbocycles. The fraction of sp³-hybridized carbons (Fsp3) is 0.438. The van der Waals surface area contributed by atoms with Crippen LogP contribution in [0.5, 0.6) is 0 Å². The van der Waals surface area contributed by atoms with Gasteiger partial charge < -0.3 is 10.2 Å². The maximum absolute atomic E-state index is 12.5. The molecule has 2 fully saturated rings. The van der Waals surface area contributed by atoms with Crippen LogP contribution in [-0.4, -0.2) is 48.7 Å². The number of nitrogens with zero attached hydrogens (tertiary/aromatic N) is 3. The van der Waals surface area contributed by atoms with E-state index in [0.29, 0.717) is 28.9 Å². The minimum atomic E-state index is -0.798. The van der Waals surface area contributed by atoms with E-state index in [2.05, 4.69) is 15.3 Å². The van der Waals surface area contributed by atoms with Crippen molar-refractivity contribution in [3.8, 4) is 10.7 Å². The van der Waals surface area contributed by atoms with Crippen molar-refractivity contribution in [1.82, 2.24) is 14.9 Å². The Morgan fingerprint density at radius 2 is 2.00 bits per heavy atom. The Hall–Kier alpha value is -1.51. The number of fused-ring (bicyclic) bond motifs is 2. The first kappa shape index (κ1) is 16.9. The molecule has 0 aromatic carbocycles. The first-order valence-electron chi connectivity index (χ1n) is 8.13. The molecule has 0 spiro atoms. The van der Waals surface area contributed by atoms with E-state index in [1.54, 1.807) is 23.4 Å². The van der Waals surface area contributed by atoms with Gasteiger partial charge in [0.2, 0.25) is 0 Å². The number of hydrogen-bond donors (Lipinski definition) is 1. The zero-order valence-electron chi connectivity index (χ0n) is 13.4. The summed E-state index contributed by atoms with van der Waals surface area (Å²) >= 11 is 7.33. The summed E-state index contributed by atoms with van der Waals surface area (Å²) in [6.45, 7) is 1.20. The zero-order chi connectivity index (χ0) is 17.4. The lowest BCUT2D eigenvalue weighted by atomic mass is 10.1. The molecular weight excluding hydrogens is 380 g/mol. The van der Waals surface area contributed by atoms with Gasteiger partial charge in [-0.3, -0.25) is 4.21 Å². The van der Waals surface area contributed by atoms with E-state index in [1.165, 1.54) is 11.3 Å². The molecule has 25 heavy (non-hydrogen) atoms. The highest BCUT2D eigenvalue weighted by atomic mass is 35.5. The van der Waals surface area contributed by atoms with Gasteiger partial charge in [0.1, 0.15) is 0 Å². The first-order valence-corrected chi connectivity index (χ1v) is 10.6. The molecule has 4 heterocycles. The van der Waals surface area contributed by atoms with Crippen LogP contribution >= 0.6 is 22.9 Å². The molecule has 6 nitrogen and oxygen atoms in total. The smallest absolute Gasteiger partial charge is 0.321 e. The number of thiophene rings is 1.